The lowest BCUT2D eigenvalue weighted by Gasteiger charge is -2.17. The summed E-state index contributed by atoms with van der Waals surface area (Å²) in [5, 5.41) is 13.6. The summed E-state index contributed by atoms with van der Waals surface area (Å²) in [5.41, 5.74) is 0.908. The highest BCUT2D eigenvalue weighted by Crippen LogP contribution is 2.32. The smallest absolute Gasteiger partial charge is 0.295 e. The Kier molecular flexibility index (Phi) is 4.16. The maximum absolute atomic E-state index is 13.8. The van der Waals surface area contributed by atoms with Crippen LogP contribution in [0, 0.1) is 28.7 Å². The van der Waals surface area contributed by atoms with Gasteiger partial charge in [-0.25, -0.2) is 8.78 Å². The highest BCUT2D eigenvalue weighted by atomic mass is 19.2. The molecule has 0 amide bonds. The van der Waals surface area contributed by atoms with Gasteiger partial charge >= 0.3 is 0 Å². The fourth-order valence-corrected chi connectivity index (χ4v) is 2.07. The predicted octanol–water partition coefficient (Wildman–Crippen LogP) is 4.35. The van der Waals surface area contributed by atoms with Crippen molar-refractivity contribution in [1.82, 2.24) is 0 Å². The van der Waals surface area contributed by atoms with Crippen LogP contribution in [0.15, 0.2) is 36.4 Å². The van der Waals surface area contributed by atoms with E-state index in [1.807, 2.05) is 31.2 Å². The van der Waals surface area contributed by atoms with Crippen LogP contribution in [0.5, 0.6) is 0 Å². The fourth-order valence-electron chi connectivity index (χ4n) is 2.07. The minimum atomic E-state index is -1.25. The van der Waals surface area contributed by atoms with Crippen molar-refractivity contribution < 1.29 is 13.7 Å². The summed E-state index contributed by atoms with van der Waals surface area (Å²) in [6, 6.07) is 8.72. The van der Waals surface area contributed by atoms with Gasteiger partial charge in [0.1, 0.15) is 0 Å². The van der Waals surface area contributed by atoms with Crippen LogP contribution >= 0.6 is 0 Å². The number of nitrogens with one attached hydrogen (secondary N) is 1. The van der Waals surface area contributed by atoms with Gasteiger partial charge in [-0.3, -0.25) is 10.1 Å². The molecule has 0 heterocycles. The SMILES string of the molecule is Cc1cccc(C(C)Nc2c([N+](=O)[O-])ccc(F)c2F)c1. The second kappa shape index (κ2) is 5.87. The van der Waals surface area contributed by atoms with Gasteiger partial charge in [0.25, 0.3) is 5.69 Å². The Morgan fingerprint density at radius 2 is 1.95 bits per heavy atom. The van der Waals surface area contributed by atoms with Gasteiger partial charge in [0, 0.05) is 12.1 Å². The van der Waals surface area contributed by atoms with Crippen molar-refractivity contribution in [2.24, 2.45) is 0 Å². The number of aryl methyl sites for hydroxylation is 1. The molecule has 0 saturated carbocycles. The zero-order valence-corrected chi connectivity index (χ0v) is 11.6. The molecule has 110 valence electrons. The van der Waals surface area contributed by atoms with Crippen molar-refractivity contribution in [2.75, 3.05) is 5.32 Å². The van der Waals surface area contributed by atoms with Crippen molar-refractivity contribution in [3.8, 4) is 0 Å². The normalized spacial score (nSPS) is 12.0. The van der Waals surface area contributed by atoms with E-state index >= 15 is 0 Å². The maximum Gasteiger partial charge on any atom is 0.295 e. The lowest BCUT2D eigenvalue weighted by molar-refractivity contribution is -0.384. The number of hydrogen-bond acceptors (Lipinski definition) is 3. The Balaban J connectivity index is 2.39. The van der Waals surface area contributed by atoms with Crippen molar-refractivity contribution in [3.63, 3.8) is 0 Å². The Labute approximate surface area is 120 Å². The monoisotopic (exact) mass is 292 g/mol. The van der Waals surface area contributed by atoms with Crippen LogP contribution in [-0.2, 0) is 0 Å². The Hall–Kier alpha value is -2.50. The van der Waals surface area contributed by atoms with Crippen molar-refractivity contribution in [2.45, 2.75) is 19.9 Å². The van der Waals surface area contributed by atoms with Crippen LogP contribution in [-0.4, -0.2) is 4.92 Å². The number of nitrogens with zero attached hydrogens (tertiary/aromatic N) is 1. The topological polar surface area (TPSA) is 55.2 Å². The Morgan fingerprint density at radius 3 is 2.57 bits per heavy atom. The zero-order valence-electron chi connectivity index (χ0n) is 11.6. The summed E-state index contributed by atoms with van der Waals surface area (Å²) < 4.78 is 27.1. The van der Waals surface area contributed by atoms with Gasteiger partial charge in [0.2, 0.25) is 0 Å². The molecule has 2 rings (SSSR count). The van der Waals surface area contributed by atoms with E-state index < -0.39 is 34.0 Å². The van der Waals surface area contributed by atoms with Crippen molar-refractivity contribution in [1.29, 1.82) is 0 Å². The molecule has 0 spiro atoms. The van der Waals surface area contributed by atoms with Gasteiger partial charge in [0.05, 0.1) is 4.92 Å². The first-order valence-corrected chi connectivity index (χ1v) is 6.35. The molecular weight excluding hydrogens is 278 g/mol. The lowest BCUT2D eigenvalue weighted by atomic mass is 10.1. The fraction of sp³-hybridized carbons (Fsp3) is 0.200. The number of rotatable bonds is 4. The standard InChI is InChI=1S/C15H14F2N2O2/c1-9-4-3-5-11(8-9)10(2)18-15-13(19(20)21)7-6-12(16)14(15)17/h3-8,10,18H,1-2H3. The van der Waals surface area contributed by atoms with E-state index in [1.54, 1.807) is 6.92 Å². The molecule has 1 N–H and O–H groups in total. The van der Waals surface area contributed by atoms with Gasteiger partial charge in [-0.1, -0.05) is 29.8 Å². The quantitative estimate of drug-likeness (QED) is 0.673. The van der Waals surface area contributed by atoms with Crippen LogP contribution in [0.25, 0.3) is 0 Å². The van der Waals surface area contributed by atoms with Crippen LogP contribution in [0.2, 0.25) is 0 Å². The number of halogens is 2. The molecule has 0 bridgehead atoms. The highest BCUT2D eigenvalue weighted by Gasteiger charge is 2.23. The van der Waals surface area contributed by atoms with E-state index in [0.29, 0.717) is 0 Å². The molecule has 0 fully saturated rings. The van der Waals surface area contributed by atoms with Crippen molar-refractivity contribution in [3.05, 3.63) is 69.3 Å². The average Bonchev–Trinajstić information content (AvgIpc) is 2.43. The molecule has 0 aliphatic heterocycles. The average molecular weight is 292 g/mol. The van der Waals surface area contributed by atoms with Gasteiger partial charge in [-0.05, 0) is 25.5 Å². The van der Waals surface area contributed by atoms with Gasteiger partial charge in [0.15, 0.2) is 17.3 Å². The molecule has 0 aliphatic rings. The molecule has 21 heavy (non-hydrogen) atoms. The second-order valence-electron chi connectivity index (χ2n) is 4.79. The third-order valence-corrected chi connectivity index (χ3v) is 3.17. The van der Waals surface area contributed by atoms with E-state index in [-0.39, 0.29) is 0 Å². The van der Waals surface area contributed by atoms with Crippen LogP contribution in [0.1, 0.15) is 24.1 Å². The molecule has 4 nitrogen and oxygen atoms in total. The summed E-state index contributed by atoms with van der Waals surface area (Å²) in [6.07, 6.45) is 0. The highest BCUT2D eigenvalue weighted by molar-refractivity contribution is 5.63. The van der Waals surface area contributed by atoms with E-state index in [9.17, 15) is 18.9 Å². The van der Waals surface area contributed by atoms with E-state index in [0.717, 1.165) is 23.3 Å². The number of hydrogen-bond donors (Lipinski definition) is 1. The molecule has 2 aromatic rings. The predicted molar refractivity (Wildman–Crippen MR) is 76.2 cm³/mol. The third kappa shape index (κ3) is 3.16. The van der Waals surface area contributed by atoms with Gasteiger partial charge in [-0.15, -0.1) is 0 Å². The van der Waals surface area contributed by atoms with E-state index in [2.05, 4.69) is 5.32 Å². The molecule has 2 aromatic carbocycles. The third-order valence-electron chi connectivity index (χ3n) is 3.17. The summed E-state index contributed by atoms with van der Waals surface area (Å²) in [5.74, 6) is -2.37. The first-order valence-electron chi connectivity index (χ1n) is 6.35. The van der Waals surface area contributed by atoms with Crippen LogP contribution in [0.3, 0.4) is 0 Å². The molecule has 0 aliphatic carbocycles. The molecule has 6 heteroatoms. The molecule has 1 unspecified atom stereocenters. The molecule has 1 atom stereocenters. The van der Waals surface area contributed by atoms with Crippen LogP contribution < -0.4 is 5.32 Å². The van der Waals surface area contributed by atoms with E-state index in [4.69, 9.17) is 0 Å². The number of nitro benzene ring substituents is 1. The molecule has 0 saturated heterocycles. The van der Waals surface area contributed by atoms with Gasteiger partial charge in [-0.2, -0.15) is 0 Å². The minimum Gasteiger partial charge on any atom is -0.370 e. The molecule has 0 radical (unpaired) electrons. The Bertz CT molecular complexity index is 689. The summed E-state index contributed by atoms with van der Waals surface area (Å²) in [4.78, 5) is 10.2. The molecular formula is C15H14F2N2O2. The minimum absolute atomic E-state index is 0.403. The lowest BCUT2D eigenvalue weighted by Crippen LogP contribution is -2.11. The zero-order chi connectivity index (χ0) is 15.6. The Morgan fingerprint density at radius 1 is 1.24 bits per heavy atom. The van der Waals surface area contributed by atoms with Crippen LogP contribution in [0.4, 0.5) is 20.2 Å². The number of nitro groups is 1. The van der Waals surface area contributed by atoms with Gasteiger partial charge < -0.3 is 5.32 Å². The maximum atomic E-state index is 13.8. The summed E-state index contributed by atoms with van der Waals surface area (Å²) >= 11 is 0. The molecule has 0 aromatic heterocycles. The summed E-state index contributed by atoms with van der Waals surface area (Å²) in [7, 11) is 0. The van der Waals surface area contributed by atoms with Crippen molar-refractivity contribution >= 4 is 11.4 Å². The summed E-state index contributed by atoms with van der Waals surface area (Å²) in [6.45, 7) is 3.63. The first-order chi connectivity index (χ1) is 9.90. The number of anilines is 1. The van der Waals surface area contributed by atoms with E-state index in [1.165, 1.54) is 0 Å². The second-order valence-corrected chi connectivity index (χ2v) is 4.79. The largest absolute Gasteiger partial charge is 0.370 e. The number of benzene rings is 2. The first kappa shape index (κ1) is 14.9.